The number of rotatable bonds is 1. The van der Waals surface area contributed by atoms with E-state index in [1.807, 2.05) is 31.2 Å². The third-order valence-corrected chi connectivity index (χ3v) is 3.15. The highest BCUT2D eigenvalue weighted by molar-refractivity contribution is 5.94. The molecule has 0 bridgehead atoms. The number of carbonyl (C=O) groups excluding carboxylic acids is 2. The van der Waals surface area contributed by atoms with E-state index in [-0.39, 0.29) is 5.91 Å². The number of amides is 3. The maximum atomic E-state index is 12.2. The van der Waals surface area contributed by atoms with E-state index in [4.69, 9.17) is 5.73 Å². The van der Waals surface area contributed by atoms with Gasteiger partial charge in [-0.1, -0.05) is 17.7 Å². The first-order chi connectivity index (χ1) is 8.58. The van der Waals surface area contributed by atoms with Crippen LogP contribution < -0.4 is 5.73 Å². The lowest BCUT2D eigenvalue weighted by Crippen LogP contribution is -2.50. The molecule has 18 heavy (non-hydrogen) atoms. The SMILES string of the molecule is Cc1ccc(C(=O)N2CCN(C([NH])=O)CC2)cc1. The zero-order valence-corrected chi connectivity index (χ0v) is 10.3. The molecule has 1 heterocycles. The maximum Gasteiger partial charge on any atom is 0.336 e. The number of nitrogens with zero attached hydrogens (tertiary/aromatic N) is 2. The van der Waals surface area contributed by atoms with Crippen LogP contribution in [0.1, 0.15) is 15.9 Å². The molecule has 95 valence electrons. The van der Waals surface area contributed by atoms with Crippen LogP contribution in [-0.4, -0.2) is 47.9 Å². The summed E-state index contributed by atoms with van der Waals surface area (Å²) in [5.41, 5.74) is 8.81. The lowest BCUT2D eigenvalue weighted by atomic mass is 10.1. The van der Waals surface area contributed by atoms with Crippen LogP contribution in [0.2, 0.25) is 0 Å². The Kier molecular flexibility index (Phi) is 3.50. The smallest absolute Gasteiger partial charge is 0.335 e. The van der Waals surface area contributed by atoms with E-state index in [9.17, 15) is 9.59 Å². The van der Waals surface area contributed by atoms with Crippen molar-refractivity contribution in [1.82, 2.24) is 15.5 Å². The molecule has 1 saturated heterocycles. The molecule has 1 aromatic rings. The molecule has 1 N–H and O–H groups in total. The molecule has 0 saturated carbocycles. The summed E-state index contributed by atoms with van der Waals surface area (Å²) in [5, 5.41) is 0. The van der Waals surface area contributed by atoms with E-state index in [2.05, 4.69) is 0 Å². The van der Waals surface area contributed by atoms with Gasteiger partial charge in [0.05, 0.1) is 0 Å². The number of hydrogen-bond donors (Lipinski definition) is 0. The Labute approximate surface area is 106 Å². The zero-order valence-electron chi connectivity index (χ0n) is 10.3. The van der Waals surface area contributed by atoms with Crippen molar-refractivity contribution in [3.63, 3.8) is 0 Å². The standard InChI is InChI=1S/C13H16N3O2/c1-10-2-4-11(5-3-10)12(17)15-6-8-16(9-7-15)13(14)18/h2-5,14H,6-9H2,1H3. The molecule has 0 spiro atoms. The van der Waals surface area contributed by atoms with Gasteiger partial charge in [-0.25, -0.2) is 10.5 Å². The van der Waals surface area contributed by atoms with Gasteiger partial charge in [0.25, 0.3) is 5.91 Å². The minimum absolute atomic E-state index is 0.00733. The summed E-state index contributed by atoms with van der Waals surface area (Å²) in [6.45, 7) is 3.86. The third-order valence-electron chi connectivity index (χ3n) is 3.15. The molecule has 0 atom stereocenters. The first kappa shape index (κ1) is 12.4. The molecule has 5 heteroatoms. The van der Waals surface area contributed by atoms with Gasteiger partial charge < -0.3 is 9.80 Å². The maximum absolute atomic E-state index is 12.2. The number of nitrogens with one attached hydrogen (secondary N) is 1. The van der Waals surface area contributed by atoms with Gasteiger partial charge in [0.15, 0.2) is 0 Å². The molecule has 3 amide bonds. The van der Waals surface area contributed by atoms with Gasteiger partial charge in [-0.05, 0) is 19.1 Å². The Morgan fingerprint density at radius 2 is 1.50 bits per heavy atom. The molecule has 5 nitrogen and oxygen atoms in total. The van der Waals surface area contributed by atoms with Gasteiger partial charge >= 0.3 is 6.03 Å². The molecule has 1 aromatic carbocycles. The van der Waals surface area contributed by atoms with Crippen molar-refractivity contribution < 1.29 is 9.59 Å². The molecule has 1 fully saturated rings. The fraction of sp³-hybridized carbons (Fsp3) is 0.385. The molecular formula is C13H16N3O2. The number of aryl methyl sites for hydroxylation is 1. The second-order valence-corrected chi connectivity index (χ2v) is 4.45. The first-order valence-corrected chi connectivity index (χ1v) is 5.94. The summed E-state index contributed by atoms with van der Waals surface area (Å²) in [6, 6.07) is 6.80. The minimum atomic E-state index is -0.669. The van der Waals surface area contributed by atoms with Gasteiger partial charge in [0, 0.05) is 31.7 Å². The van der Waals surface area contributed by atoms with Crippen LogP contribution in [0.3, 0.4) is 0 Å². The second-order valence-electron chi connectivity index (χ2n) is 4.45. The molecule has 0 unspecified atom stereocenters. The average Bonchev–Trinajstić information content (AvgIpc) is 2.39. The largest absolute Gasteiger partial charge is 0.336 e. The van der Waals surface area contributed by atoms with Gasteiger partial charge in [0.2, 0.25) is 0 Å². The quantitative estimate of drug-likeness (QED) is 0.746. The summed E-state index contributed by atoms with van der Waals surface area (Å²) in [5.74, 6) is -0.00733. The summed E-state index contributed by atoms with van der Waals surface area (Å²) < 4.78 is 0. The normalized spacial score (nSPS) is 15.6. The van der Waals surface area contributed by atoms with E-state index in [1.54, 1.807) is 4.90 Å². The fourth-order valence-corrected chi connectivity index (χ4v) is 1.99. The highest BCUT2D eigenvalue weighted by atomic mass is 16.2. The molecule has 2 rings (SSSR count). The lowest BCUT2D eigenvalue weighted by Gasteiger charge is -2.33. The van der Waals surface area contributed by atoms with Gasteiger partial charge in [0.1, 0.15) is 0 Å². The number of urea groups is 1. The Morgan fingerprint density at radius 3 is 2.00 bits per heavy atom. The van der Waals surface area contributed by atoms with Crippen molar-refractivity contribution in [1.29, 1.82) is 0 Å². The van der Waals surface area contributed by atoms with Gasteiger partial charge in [-0.3, -0.25) is 4.79 Å². The summed E-state index contributed by atoms with van der Waals surface area (Å²) >= 11 is 0. The number of piperazine rings is 1. The minimum Gasteiger partial charge on any atom is -0.335 e. The van der Waals surface area contributed by atoms with E-state index >= 15 is 0 Å². The average molecular weight is 246 g/mol. The van der Waals surface area contributed by atoms with Crippen LogP contribution in [0.15, 0.2) is 24.3 Å². The van der Waals surface area contributed by atoms with Crippen molar-refractivity contribution in [2.75, 3.05) is 26.2 Å². The Balaban J connectivity index is 1.99. The summed E-state index contributed by atoms with van der Waals surface area (Å²) in [6.07, 6.45) is 0. The second kappa shape index (κ2) is 5.08. The topological polar surface area (TPSA) is 64.4 Å². The van der Waals surface area contributed by atoms with Crippen LogP contribution in [0.4, 0.5) is 4.79 Å². The van der Waals surface area contributed by atoms with Crippen molar-refractivity contribution in [2.45, 2.75) is 6.92 Å². The molecule has 0 aromatic heterocycles. The lowest BCUT2D eigenvalue weighted by molar-refractivity contribution is 0.0669. The van der Waals surface area contributed by atoms with Crippen molar-refractivity contribution in [3.05, 3.63) is 35.4 Å². The Hall–Kier alpha value is -2.04. The van der Waals surface area contributed by atoms with Crippen LogP contribution in [0.25, 0.3) is 0 Å². The number of benzene rings is 1. The van der Waals surface area contributed by atoms with Crippen LogP contribution in [-0.2, 0) is 0 Å². The monoisotopic (exact) mass is 246 g/mol. The van der Waals surface area contributed by atoms with Crippen molar-refractivity contribution in [3.8, 4) is 0 Å². The predicted molar refractivity (Wildman–Crippen MR) is 67.1 cm³/mol. The predicted octanol–water partition coefficient (Wildman–Crippen LogP) is 1.16. The fourth-order valence-electron chi connectivity index (χ4n) is 1.99. The van der Waals surface area contributed by atoms with Gasteiger partial charge in [-0.2, -0.15) is 0 Å². The highest BCUT2D eigenvalue weighted by Gasteiger charge is 2.23. The molecular weight excluding hydrogens is 230 g/mol. The highest BCUT2D eigenvalue weighted by Crippen LogP contribution is 2.10. The first-order valence-electron chi connectivity index (χ1n) is 5.94. The van der Waals surface area contributed by atoms with Gasteiger partial charge in [-0.15, -0.1) is 0 Å². The van der Waals surface area contributed by atoms with E-state index in [0.717, 1.165) is 5.56 Å². The van der Waals surface area contributed by atoms with Crippen LogP contribution in [0.5, 0.6) is 0 Å². The van der Waals surface area contributed by atoms with Crippen molar-refractivity contribution in [2.24, 2.45) is 0 Å². The van der Waals surface area contributed by atoms with Crippen LogP contribution in [0, 0.1) is 6.92 Å². The van der Waals surface area contributed by atoms with Crippen LogP contribution >= 0.6 is 0 Å². The zero-order chi connectivity index (χ0) is 13.1. The van der Waals surface area contributed by atoms with E-state index in [1.165, 1.54) is 4.90 Å². The molecule has 1 aliphatic rings. The van der Waals surface area contributed by atoms with Crippen molar-refractivity contribution >= 4 is 11.9 Å². The molecule has 1 radical (unpaired) electrons. The summed E-state index contributed by atoms with van der Waals surface area (Å²) in [7, 11) is 0. The number of hydrogen-bond acceptors (Lipinski definition) is 2. The third kappa shape index (κ3) is 2.61. The van der Waals surface area contributed by atoms with E-state index < -0.39 is 6.03 Å². The Morgan fingerprint density at radius 1 is 1.00 bits per heavy atom. The van der Waals surface area contributed by atoms with E-state index in [0.29, 0.717) is 31.7 Å². The Bertz CT molecular complexity index is 448. The molecule has 1 aliphatic heterocycles. The molecule has 0 aliphatic carbocycles. The summed E-state index contributed by atoms with van der Waals surface area (Å²) in [4.78, 5) is 26.2. The number of carbonyl (C=O) groups is 2.